The highest BCUT2D eigenvalue weighted by atomic mass is 15.1. The Bertz CT molecular complexity index is 344. The summed E-state index contributed by atoms with van der Waals surface area (Å²) in [6, 6.07) is 10.8. The summed E-state index contributed by atoms with van der Waals surface area (Å²) < 4.78 is 0. The Morgan fingerprint density at radius 1 is 1.05 bits per heavy atom. The van der Waals surface area contributed by atoms with E-state index in [9.17, 15) is 0 Å². The molecule has 20 heavy (non-hydrogen) atoms. The Kier molecular flexibility index (Phi) is 7.10. The second-order valence-corrected chi connectivity index (χ2v) is 6.23. The van der Waals surface area contributed by atoms with Gasteiger partial charge >= 0.3 is 0 Å². The van der Waals surface area contributed by atoms with Gasteiger partial charge in [-0.2, -0.15) is 0 Å². The first-order valence-corrected chi connectivity index (χ1v) is 8.28. The maximum atomic E-state index is 3.45. The molecule has 112 valence electrons. The highest BCUT2D eigenvalue weighted by molar-refractivity contribution is 5.14. The summed E-state index contributed by atoms with van der Waals surface area (Å²) in [7, 11) is 2.28. The largest absolute Gasteiger partial charge is 0.317 e. The van der Waals surface area contributed by atoms with Crippen molar-refractivity contribution >= 4 is 0 Å². The lowest BCUT2D eigenvalue weighted by Gasteiger charge is -2.25. The van der Waals surface area contributed by atoms with Crippen LogP contribution < -0.4 is 5.32 Å². The Labute approximate surface area is 124 Å². The summed E-state index contributed by atoms with van der Waals surface area (Å²) in [6.07, 6.45) is 7.99. The quantitative estimate of drug-likeness (QED) is 0.732. The molecule has 0 saturated carbocycles. The molecule has 0 aromatic heterocycles. The summed E-state index contributed by atoms with van der Waals surface area (Å²) in [5.41, 5.74) is 1.48. The summed E-state index contributed by atoms with van der Waals surface area (Å²) in [4.78, 5) is 2.52. The number of unbranched alkanes of at least 4 members (excludes halogenated alkanes) is 1. The van der Waals surface area contributed by atoms with Crippen LogP contribution in [0.15, 0.2) is 30.3 Å². The average Bonchev–Trinajstić information content (AvgIpc) is 2.52. The molecule has 0 aliphatic carbocycles. The zero-order valence-corrected chi connectivity index (χ0v) is 13.0. The fourth-order valence-electron chi connectivity index (χ4n) is 3.04. The van der Waals surface area contributed by atoms with Crippen LogP contribution in [0, 0.1) is 5.92 Å². The second-order valence-electron chi connectivity index (χ2n) is 6.23. The Hall–Kier alpha value is -0.860. The minimum absolute atomic E-state index is 0.961. The van der Waals surface area contributed by atoms with Crippen molar-refractivity contribution in [2.45, 2.75) is 38.5 Å². The molecular formula is C18H30N2. The minimum atomic E-state index is 0.961. The van der Waals surface area contributed by atoms with Gasteiger partial charge in [-0.05, 0) is 83.2 Å². The summed E-state index contributed by atoms with van der Waals surface area (Å²) in [5, 5.41) is 3.45. The number of benzene rings is 1. The molecule has 0 spiro atoms. The van der Waals surface area contributed by atoms with Gasteiger partial charge in [-0.25, -0.2) is 0 Å². The van der Waals surface area contributed by atoms with Crippen molar-refractivity contribution in [2.24, 2.45) is 5.92 Å². The normalized spacial score (nSPS) is 16.7. The molecule has 1 aliphatic rings. The molecule has 0 radical (unpaired) electrons. The lowest BCUT2D eigenvalue weighted by atomic mass is 9.94. The number of nitrogens with zero attached hydrogens (tertiary/aromatic N) is 1. The molecule has 2 nitrogen and oxygen atoms in total. The van der Waals surface area contributed by atoms with Crippen LogP contribution in [-0.4, -0.2) is 38.1 Å². The van der Waals surface area contributed by atoms with E-state index in [0.29, 0.717) is 0 Å². The van der Waals surface area contributed by atoms with Crippen LogP contribution in [0.1, 0.15) is 37.7 Å². The number of hydrogen-bond acceptors (Lipinski definition) is 2. The van der Waals surface area contributed by atoms with Crippen molar-refractivity contribution in [1.29, 1.82) is 0 Å². The molecule has 1 aliphatic heterocycles. The number of hydrogen-bond donors (Lipinski definition) is 1. The summed E-state index contributed by atoms with van der Waals surface area (Å²) in [6.45, 7) is 4.98. The lowest BCUT2D eigenvalue weighted by molar-refractivity contribution is 0.267. The van der Waals surface area contributed by atoms with Gasteiger partial charge in [0, 0.05) is 0 Å². The maximum absolute atomic E-state index is 3.45. The van der Waals surface area contributed by atoms with E-state index in [0.717, 1.165) is 5.92 Å². The van der Waals surface area contributed by atoms with Crippen molar-refractivity contribution in [3.63, 3.8) is 0 Å². The second kappa shape index (κ2) is 9.15. The van der Waals surface area contributed by atoms with Gasteiger partial charge in [0.15, 0.2) is 0 Å². The molecule has 1 N–H and O–H groups in total. The highest BCUT2D eigenvalue weighted by Crippen LogP contribution is 2.16. The van der Waals surface area contributed by atoms with E-state index in [4.69, 9.17) is 0 Å². The van der Waals surface area contributed by atoms with E-state index >= 15 is 0 Å². The van der Waals surface area contributed by atoms with Crippen LogP contribution in [-0.2, 0) is 6.42 Å². The zero-order valence-electron chi connectivity index (χ0n) is 13.0. The molecule has 2 heteroatoms. The first-order chi connectivity index (χ1) is 9.84. The number of nitrogens with one attached hydrogen (secondary N) is 1. The molecule has 0 amide bonds. The maximum Gasteiger partial charge on any atom is -0.00191 e. The predicted molar refractivity (Wildman–Crippen MR) is 87.1 cm³/mol. The van der Waals surface area contributed by atoms with E-state index in [-0.39, 0.29) is 0 Å². The van der Waals surface area contributed by atoms with Gasteiger partial charge < -0.3 is 10.2 Å². The van der Waals surface area contributed by atoms with Crippen molar-refractivity contribution in [3.8, 4) is 0 Å². The van der Waals surface area contributed by atoms with Crippen molar-refractivity contribution < 1.29 is 0 Å². The van der Waals surface area contributed by atoms with Gasteiger partial charge in [-0.3, -0.25) is 0 Å². The van der Waals surface area contributed by atoms with E-state index in [2.05, 4.69) is 47.6 Å². The number of piperidine rings is 1. The van der Waals surface area contributed by atoms with E-state index < -0.39 is 0 Å². The Morgan fingerprint density at radius 3 is 2.55 bits per heavy atom. The third kappa shape index (κ3) is 6.06. The fraction of sp³-hybridized carbons (Fsp3) is 0.667. The van der Waals surface area contributed by atoms with E-state index in [1.54, 1.807) is 0 Å². The molecule has 1 heterocycles. The first-order valence-electron chi connectivity index (χ1n) is 8.28. The third-order valence-corrected chi connectivity index (χ3v) is 4.48. The molecule has 1 saturated heterocycles. The molecule has 0 unspecified atom stereocenters. The van der Waals surface area contributed by atoms with Crippen molar-refractivity contribution in [2.75, 3.05) is 33.2 Å². The molecule has 1 fully saturated rings. The van der Waals surface area contributed by atoms with Crippen LogP contribution >= 0.6 is 0 Å². The first kappa shape index (κ1) is 15.5. The van der Waals surface area contributed by atoms with Crippen LogP contribution in [0.2, 0.25) is 0 Å². The van der Waals surface area contributed by atoms with Gasteiger partial charge in [-0.15, -0.1) is 0 Å². The monoisotopic (exact) mass is 274 g/mol. The van der Waals surface area contributed by atoms with Crippen LogP contribution in [0.25, 0.3) is 0 Å². The van der Waals surface area contributed by atoms with Gasteiger partial charge in [0.25, 0.3) is 0 Å². The topological polar surface area (TPSA) is 15.3 Å². The molecule has 2 rings (SSSR count). The SMILES string of the molecule is CN(CCCCc1ccccc1)CCC1CCNCC1. The number of rotatable bonds is 8. The fourth-order valence-corrected chi connectivity index (χ4v) is 3.04. The summed E-state index contributed by atoms with van der Waals surface area (Å²) in [5.74, 6) is 0.961. The van der Waals surface area contributed by atoms with Crippen molar-refractivity contribution in [1.82, 2.24) is 10.2 Å². The lowest BCUT2D eigenvalue weighted by Crippen LogP contribution is -2.30. The van der Waals surface area contributed by atoms with Gasteiger partial charge in [-0.1, -0.05) is 30.3 Å². The Balaban J connectivity index is 1.50. The van der Waals surface area contributed by atoms with Crippen LogP contribution in [0.4, 0.5) is 0 Å². The highest BCUT2D eigenvalue weighted by Gasteiger charge is 2.13. The minimum Gasteiger partial charge on any atom is -0.317 e. The van der Waals surface area contributed by atoms with Crippen LogP contribution in [0.5, 0.6) is 0 Å². The van der Waals surface area contributed by atoms with Gasteiger partial charge in [0.05, 0.1) is 0 Å². The van der Waals surface area contributed by atoms with Crippen molar-refractivity contribution in [3.05, 3.63) is 35.9 Å². The van der Waals surface area contributed by atoms with Crippen LogP contribution in [0.3, 0.4) is 0 Å². The molecule has 1 aromatic carbocycles. The van der Waals surface area contributed by atoms with E-state index in [1.165, 1.54) is 70.3 Å². The molecule has 1 aromatic rings. The standard InChI is InChI=1S/C18H30N2/c1-20(16-12-18-10-13-19-14-11-18)15-6-5-9-17-7-3-2-4-8-17/h2-4,7-8,18-19H,5-6,9-16H2,1H3. The summed E-state index contributed by atoms with van der Waals surface area (Å²) >= 11 is 0. The third-order valence-electron chi connectivity index (χ3n) is 4.48. The Morgan fingerprint density at radius 2 is 1.80 bits per heavy atom. The van der Waals surface area contributed by atoms with E-state index in [1.807, 2.05) is 0 Å². The molecule has 0 bridgehead atoms. The molecular weight excluding hydrogens is 244 g/mol. The zero-order chi connectivity index (χ0) is 14.0. The number of aryl methyl sites for hydroxylation is 1. The smallest absolute Gasteiger partial charge is 0.00191 e. The average molecular weight is 274 g/mol. The van der Waals surface area contributed by atoms with Gasteiger partial charge in [0.2, 0.25) is 0 Å². The molecule has 0 atom stereocenters. The predicted octanol–water partition coefficient (Wildman–Crippen LogP) is 3.33. The van der Waals surface area contributed by atoms with Gasteiger partial charge in [0.1, 0.15) is 0 Å².